The summed E-state index contributed by atoms with van der Waals surface area (Å²) in [6, 6.07) is 0.623. The van der Waals surface area contributed by atoms with Gasteiger partial charge in [-0.3, -0.25) is 4.90 Å². The van der Waals surface area contributed by atoms with E-state index in [9.17, 15) is 4.79 Å². The summed E-state index contributed by atoms with van der Waals surface area (Å²) in [4.78, 5) is 21.2. The molecule has 0 radical (unpaired) electrons. The van der Waals surface area contributed by atoms with E-state index in [1.165, 1.54) is 32.4 Å². The fourth-order valence-corrected chi connectivity index (χ4v) is 3.92. The van der Waals surface area contributed by atoms with E-state index >= 15 is 0 Å². The molecule has 1 N–H and O–H groups in total. The van der Waals surface area contributed by atoms with Crippen LogP contribution in [0.3, 0.4) is 0 Å². The highest BCUT2D eigenvalue weighted by molar-refractivity contribution is 7.09. The molecular formula is C15H24N4OS. The van der Waals surface area contributed by atoms with Crippen molar-refractivity contribution in [3.05, 3.63) is 16.1 Å². The molecule has 116 valence electrons. The van der Waals surface area contributed by atoms with Crippen LogP contribution in [0.4, 0.5) is 4.79 Å². The van der Waals surface area contributed by atoms with Gasteiger partial charge in [0.15, 0.2) is 0 Å². The second-order valence-corrected chi connectivity index (χ2v) is 7.06. The Morgan fingerprint density at radius 1 is 1.38 bits per heavy atom. The van der Waals surface area contributed by atoms with E-state index in [1.807, 2.05) is 17.2 Å². The molecule has 1 aromatic rings. The number of thiazole rings is 1. The minimum absolute atomic E-state index is 0.0598. The lowest BCUT2D eigenvalue weighted by atomic mass is 10.0. The number of carbonyl (C=O) groups is 1. The van der Waals surface area contributed by atoms with Crippen molar-refractivity contribution in [2.24, 2.45) is 0 Å². The fourth-order valence-electron chi connectivity index (χ4n) is 3.31. The molecule has 0 unspecified atom stereocenters. The van der Waals surface area contributed by atoms with Crippen LogP contribution in [0.1, 0.15) is 36.4 Å². The number of carbonyl (C=O) groups excluding carboxylic acids is 1. The van der Waals surface area contributed by atoms with Crippen molar-refractivity contribution in [2.45, 2.75) is 45.2 Å². The van der Waals surface area contributed by atoms with Gasteiger partial charge in [0.2, 0.25) is 0 Å². The van der Waals surface area contributed by atoms with E-state index in [1.54, 1.807) is 11.3 Å². The maximum absolute atomic E-state index is 12.3. The van der Waals surface area contributed by atoms with Crippen LogP contribution in [-0.2, 0) is 6.54 Å². The Hall–Kier alpha value is -1.14. The average molecular weight is 308 g/mol. The summed E-state index contributed by atoms with van der Waals surface area (Å²) in [5.74, 6) is 0. The highest BCUT2D eigenvalue weighted by Crippen LogP contribution is 2.20. The third-order valence-electron chi connectivity index (χ3n) is 4.43. The average Bonchev–Trinajstić information content (AvgIpc) is 3.16. The summed E-state index contributed by atoms with van der Waals surface area (Å²) in [6.45, 7) is 6.69. The van der Waals surface area contributed by atoms with Crippen molar-refractivity contribution >= 4 is 17.4 Å². The smallest absolute Gasteiger partial charge is 0.317 e. The molecule has 2 aliphatic rings. The third kappa shape index (κ3) is 3.74. The van der Waals surface area contributed by atoms with Crippen LogP contribution in [0.2, 0.25) is 0 Å². The zero-order valence-electron chi connectivity index (χ0n) is 12.7. The Kier molecular flexibility index (Phi) is 4.75. The van der Waals surface area contributed by atoms with Gasteiger partial charge in [-0.15, -0.1) is 11.3 Å². The van der Waals surface area contributed by atoms with Gasteiger partial charge in [0.1, 0.15) is 0 Å². The van der Waals surface area contributed by atoms with E-state index in [0.29, 0.717) is 12.6 Å². The number of rotatable bonds is 3. The van der Waals surface area contributed by atoms with Gasteiger partial charge in [-0.2, -0.15) is 0 Å². The number of hydrogen-bond acceptors (Lipinski definition) is 4. The van der Waals surface area contributed by atoms with Crippen molar-refractivity contribution in [3.63, 3.8) is 0 Å². The Balaban J connectivity index is 1.49. The van der Waals surface area contributed by atoms with Gasteiger partial charge in [-0.1, -0.05) is 0 Å². The van der Waals surface area contributed by atoms with E-state index in [0.717, 1.165) is 30.2 Å². The van der Waals surface area contributed by atoms with Gasteiger partial charge in [-0.25, -0.2) is 9.78 Å². The van der Waals surface area contributed by atoms with Crippen LogP contribution >= 0.6 is 11.3 Å². The minimum Gasteiger partial charge on any atom is -0.332 e. The third-order valence-corrected chi connectivity index (χ3v) is 5.25. The van der Waals surface area contributed by atoms with Gasteiger partial charge in [0.25, 0.3) is 0 Å². The molecule has 2 aliphatic heterocycles. The molecule has 3 rings (SSSR count). The van der Waals surface area contributed by atoms with Crippen LogP contribution in [0.15, 0.2) is 5.38 Å². The molecule has 6 heteroatoms. The second kappa shape index (κ2) is 6.75. The van der Waals surface area contributed by atoms with Crippen LogP contribution in [0, 0.1) is 6.92 Å². The summed E-state index contributed by atoms with van der Waals surface area (Å²) in [5.41, 5.74) is 0.957. The SMILES string of the molecule is Cc1nc(CNC(=O)N2CCC[C@@H](N3CCCC3)C2)cs1. The standard InChI is InChI=1S/C15H24N4OS/c1-12-17-13(11-21-12)9-16-15(20)19-8-4-5-14(10-19)18-6-2-3-7-18/h11,14H,2-10H2,1H3,(H,16,20)/t14-/m1/s1. The molecule has 21 heavy (non-hydrogen) atoms. The topological polar surface area (TPSA) is 48.5 Å². The number of piperidine rings is 1. The van der Waals surface area contributed by atoms with Crippen molar-refractivity contribution in [2.75, 3.05) is 26.2 Å². The van der Waals surface area contributed by atoms with Gasteiger partial charge >= 0.3 is 6.03 Å². The van der Waals surface area contributed by atoms with E-state index in [4.69, 9.17) is 0 Å². The Morgan fingerprint density at radius 2 is 2.19 bits per heavy atom. The van der Waals surface area contributed by atoms with Gasteiger partial charge in [-0.05, 0) is 45.7 Å². The summed E-state index contributed by atoms with van der Waals surface area (Å²) >= 11 is 1.63. The lowest BCUT2D eigenvalue weighted by Crippen LogP contribution is -2.51. The molecule has 2 amide bonds. The van der Waals surface area contributed by atoms with Crippen molar-refractivity contribution in [3.8, 4) is 0 Å². The first-order chi connectivity index (χ1) is 10.2. The number of aromatic nitrogens is 1. The highest BCUT2D eigenvalue weighted by atomic mass is 32.1. The molecule has 0 aliphatic carbocycles. The number of aryl methyl sites for hydroxylation is 1. The molecule has 2 saturated heterocycles. The first-order valence-electron chi connectivity index (χ1n) is 7.90. The lowest BCUT2D eigenvalue weighted by molar-refractivity contribution is 0.125. The molecule has 0 saturated carbocycles. The number of nitrogens with zero attached hydrogens (tertiary/aromatic N) is 3. The fraction of sp³-hybridized carbons (Fsp3) is 0.733. The zero-order valence-corrected chi connectivity index (χ0v) is 13.5. The van der Waals surface area contributed by atoms with Crippen molar-refractivity contribution < 1.29 is 4.79 Å². The minimum atomic E-state index is 0.0598. The number of urea groups is 1. The van der Waals surface area contributed by atoms with E-state index in [2.05, 4.69) is 15.2 Å². The molecule has 1 aromatic heterocycles. The predicted molar refractivity (Wildman–Crippen MR) is 84.5 cm³/mol. The van der Waals surface area contributed by atoms with Gasteiger partial charge < -0.3 is 10.2 Å². The van der Waals surface area contributed by atoms with Crippen molar-refractivity contribution in [1.82, 2.24) is 20.1 Å². The largest absolute Gasteiger partial charge is 0.332 e. The molecule has 0 bridgehead atoms. The predicted octanol–water partition coefficient (Wildman–Crippen LogP) is 2.22. The number of amides is 2. The first kappa shape index (κ1) is 14.8. The van der Waals surface area contributed by atoms with Crippen LogP contribution in [0.5, 0.6) is 0 Å². The summed E-state index contributed by atoms with van der Waals surface area (Å²) < 4.78 is 0. The normalized spacial score (nSPS) is 23.5. The molecule has 5 nitrogen and oxygen atoms in total. The number of hydrogen-bond donors (Lipinski definition) is 1. The summed E-state index contributed by atoms with van der Waals surface area (Å²) in [5, 5.41) is 6.07. The lowest BCUT2D eigenvalue weighted by Gasteiger charge is -2.37. The molecule has 0 spiro atoms. The van der Waals surface area contributed by atoms with Crippen LogP contribution in [-0.4, -0.2) is 53.0 Å². The first-order valence-corrected chi connectivity index (χ1v) is 8.78. The van der Waals surface area contributed by atoms with Crippen LogP contribution < -0.4 is 5.32 Å². The highest BCUT2D eigenvalue weighted by Gasteiger charge is 2.29. The molecule has 1 atom stereocenters. The maximum Gasteiger partial charge on any atom is 0.317 e. The van der Waals surface area contributed by atoms with Crippen molar-refractivity contribution in [1.29, 1.82) is 0 Å². The zero-order chi connectivity index (χ0) is 14.7. The Bertz CT molecular complexity index is 484. The molecular weight excluding hydrogens is 284 g/mol. The molecule has 3 heterocycles. The molecule has 2 fully saturated rings. The molecule has 0 aromatic carbocycles. The quantitative estimate of drug-likeness (QED) is 0.931. The second-order valence-electron chi connectivity index (χ2n) is 6.00. The number of nitrogens with one attached hydrogen (secondary N) is 1. The monoisotopic (exact) mass is 308 g/mol. The van der Waals surface area contributed by atoms with E-state index < -0.39 is 0 Å². The van der Waals surface area contributed by atoms with E-state index in [-0.39, 0.29) is 6.03 Å². The Labute approximate surface area is 130 Å². The summed E-state index contributed by atoms with van der Waals surface area (Å²) in [6.07, 6.45) is 4.97. The number of likely N-dealkylation sites (tertiary alicyclic amines) is 2. The van der Waals surface area contributed by atoms with Crippen LogP contribution in [0.25, 0.3) is 0 Å². The summed E-state index contributed by atoms with van der Waals surface area (Å²) in [7, 11) is 0. The van der Waals surface area contributed by atoms with Gasteiger partial charge in [0.05, 0.1) is 17.2 Å². The van der Waals surface area contributed by atoms with Gasteiger partial charge in [0, 0.05) is 24.5 Å². The Morgan fingerprint density at radius 3 is 2.90 bits per heavy atom. The maximum atomic E-state index is 12.3.